The zero-order valence-electron chi connectivity index (χ0n) is 22.4. The number of nitrogens with zero attached hydrogens (tertiary/aromatic N) is 2. The number of aryl methyl sites for hydroxylation is 1. The van der Waals surface area contributed by atoms with E-state index in [0.29, 0.717) is 25.8 Å². The van der Waals surface area contributed by atoms with Crippen LogP contribution in [0.15, 0.2) is 30.3 Å². The number of amides is 2. The summed E-state index contributed by atoms with van der Waals surface area (Å²) in [7, 11) is -3.55. The van der Waals surface area contributed by atoms with E-state index in [2.05, 4.69) is 5.32 Å². The number of likely N-dealkylation sites (tertiary alicyclic amines) is 1. The van der Waals surface area contributed by atoms with Gasteiger partial charge in [0.15, 0.2) is 0 Å². The first-order valence-electron chi connectivity index (χ1n) is 12.9. The number of fused-ring (bicyclic) bond motifs is 1. The van der Waals surface area contributed by atoms with Crippen LogP contribution in [0.5, 0.6) is 0 Å². The van der Waals surface area contributed by atoms with E-state index in [-0.39, 0.29) is 36.5 Å². The largest absolute Gasteiger partial charge is 0.344 e. The van der Waals surface area contributed by atoms with Gasteiger partial charge in [-0.05, 0) is 30.2 Å². The van der Waals surface area contributed by atoms with Crippen LogP contribution in [0.2, 0.25) is 0 Å². The van der Waals surface area contributed by atoms with E-state index < -0.39 is 39.5 Å². The second-order valence-corrected chi connectivity index (χ2v) is 13.3. The van der Waals surface area contributed by atoms with E-state index in [1.807, 2.05) is 65.0 Å². The van der Waals surface area contributed by atoms with Crippen LogP contribution in [-0.2, 0) is 30.8 Å². The Labute approximate surface area is 215 Å². The summed E-state index contributed by atoms with van der Waals surface area (Å²) in [6, 6.07) is 7.97. The summed E-state index contributed by atoms with van der Waals surface area (Å²) in [4.78, 5) is 41.8. The van der Waals surface area contributed by atoms with Gasteiger partial charge in [0.2, 0.25) is 21.8 Å². The number of hydrogen-bond acceptors (Lipinski definition) is 5. The zero-order valence-corrected chi connectivity index (χ0v) is 23.2. The standard InChI is InChI=1S/C27H41N3O5S/c1-7-18(2)25(32)28-24(27(3,4)5)26(33)29-16-15-21-23(29)20(17-30(21)36(6,34)35)22(31)14-13-19-11-9-8-10-12-19/h8-12,18,20-21,23-24H,7,13-17H2,1-6H3,(H,28,32)/t18-,20-,21-,23-,24-/m1/s1. The van der Waals surface area contributed by atoms with Gasteiger partial charge in [0, 0.05) is 31.5 Å². The summed E-state index contributed by atoms with van der Waals surface area (Å²) in [6.07, 6.45) is 3.14. The molecule has 2 fully saturated rings. The van der Waals surface area contributed by atoms with Crippen LogP contribution in [0.4, 0.5) is 0 Å². The maximum atomic E-state index is 13.9. The molecule has 2 saturated heterocycles. The van der Waals surface area contributed by atoms with Crippen LogP contribution in [0.25, 0.3) is 0 Å². The summed E-state index contributed by atoms with van der Waals surface area (Å²) < 4.78 is 26.6. The normalized spacial score (nSPS) is 24.3. The van der Waals surface area contributed by atoms with Gasteiger partial charge >= 0.3 is 0 Å². The highest BCUT2D eigenvalue weighted by Crippen LogP contribution is 2.39. The molecular weight excluding hydrogens is 478 g/mol. The Hall–Kier alpha value is -2.26. The molecule has 1 aromatic carbocycles. The number of carbonyl (C=O) groups excluding carboxylic acids is 3. The fourth-order valence-corrected chi connectivity index (χ4v) is 6.50. The molecule has 8 nitrogen and oxygen atoms in total. The highest BCUT2D eigenvalue weighted by molar-refractivity contribution is 7.88. The second kappa shape index (κ2) is 11.0. The molecule has 5 atom stereocenters. The van der Waals surface area contributed by atoms with Crippen molar-refractivity contribution in [3.63, 3.8) is 0 Å². The monoisotopic (exact) mass is 519 g/mol. The number of hydrogen-bond donors (Lipinski definition) is 1. The lowest BCUT2D eigenvalue weighted by Crippen LogP contribution is -2.58. The van der Waals surface area contributed by atoms with Gasteiger partial charge in [-0.1, -0.05) is 65.0 Å². The lowest BCUT2D eigenvalue weighted by atomic mass is 9.84. The van der Waals surface area contributed by atoms with Crippen LogP contribution in [-0.4, -0.2) is 72.7 Å². The summed E-state index contributed by atoms with van der Waals surface area (Å²) >= 11 is 0. The van der Waals surface area contributed by atoms with Crippen molar-refractivity contribution in [2.75, 3.05) is 19.3 Å². The Bertz CT molecular complexity index is 1070. The molecule has 0 aliphatic carbocycles. The van der Waals surface area contributed by atoms with Crippen molar-refractivity contribution in [3.8, 4) is 0 Å². The summed E-state index contributed by atoms with van der Waals surface area (Å²) in [5, 5.41) is 2.95. The molecule has 1 N–H and O–H groups in total. The van der Waals surface area contributed by atoms with Crippen LogP contribution >= 0.6 is 0 Å². The maximum absolute atomic E-state index is 13.9. The Morgan fingerprint density at radius 1 is 1.14 bits per heavy atom. The Balaban J connectivity index is 1.87. The first kappa shape index (κ1) is 28.3. The average molecular weight is 520 g/mol. The van der Waals surface area contributed by atoms with E-state index in [0.717, 1.165) is 11.8 Å². The summed E-state index contributed by atoms with van der Waals surface area (Å²) in [5.74, 6) is -1.28. The second-order valence-electron chi connectivity index (χ2n) is 11.4. The SMILES string of the molecule is CC[C@@H](C)C(=O)N[C@H](C(=O)N1CC[C@@H]2[C@H]1[C@@H](C(=O)CCc1ccccc1)CN2S(C)(=O)=O)C(C)(C)C. The molecule has 2 aliphatic heterocycles. The van der Waals surface area contributed by atoms with Crippen molar-refractivity contribution in [1.29, 1.82) is 0 Å². The third-order valence-corrected chi connectivity index (χ3v) is 8.94. The van der Waals surface area contributed by atoms with E-state index in [9.17, 15) is 22.8 Å². The lowest BCUT2D eigenvalue weighted by molar-refractivity contribution is -0.142. The predicted molar refractivity (Wildman–Crippen MR) is 140 cm³/mol. The molecule has 1 aromatic rings. The topological polar surface area (TPSA) is 104 Å². The molecule has 2 amide bonds. The summed E-state index contributed by atoms with van der Waals surface area (Å²) in [6.45, 7) is 9.90. The van der Waals surface area contributed by atoms with Gasteiger partial charge in [0.1, 0.15) is 11.8 Å². The predicted octanol–water partition coefficient (Wildman–Crippen LogP) is 2.63. The Kier molecular flexibility index (Phi) is 8.66. The molecule has 36 heavy (non-hydrogen) atoms. The number of ketones is 1. The third-order valence-electron chi connectivity index (χ3n) is 7.66. The van der Waals surface area contributed by atoms with Crippen LogP contribution in [0.3, 0.4) is 0 Å². The third kappa shape index (κ3) is 6.17. The maximum Gasteiger partial charge on any atom is 0.246 e. The van der Waals surface area contributed by atoms with Gasteiger partial charge in [0.25, 0.3) is 0 Å². The molecule has 0 radical (unpaired) electrons. The first-order chi connectivity index (χ1) is 16.8. The van der Waals surface area contributed by atoms with Crippen LogP contribution in [0.1, 0.15) is 59.4 Å². The van der Waals surface area contributed by atoms with Crippen LogP contribution in [0, 0.1) is 17.3 Å². The molecule has 2 heterocycles. The molecule has 9 heteroatoms. The molecule has 0 saturated carbocycles. The molecule has 2 aliphatic rings. The highest BCUT2D eigenvalue weighted by atomic mass is 32.2. The first-order valence-corrected chi connectivity index (χ1v) is 14.7. The number of Topliss-reactive ketones (excluding diaryl/α,β-unsaturated/α-hetero) is 1. The molecule has 0 aromatic heterocycles. The number of rotatable bonds is 9. The van der Waals surface area contributed by atoms with E-state index in [4.69, 9.17) is 0 Å². The average Bonchev–Trinajstić information content (AvgIpc) is 3.40. The molecular formula is C27H41N3O5S. The number of nitrogens with one attached hydrogen (secondary N) is 1. The smallest absolute Gasteiger partial charge is 0.246 e. The molecule has 0 bridgehead atoms. The fraction of sp³-hybridized carbons (Fsp3) is 0.667. The lowest BCUT2D eigenvalue weighted by Gasteiger charge is -2.37. The number of sulfonamides is 1. The Morgan fingerprint density at radius 3 is 2.33 bits per heavy atom. The van der Waals surface area contributed by atoms with E-state index >= 15 is 0 Å². The molecule has 0 unspecified atom stereocenters. The van der Waals surface area contributed by atoms with Gasteiger partial charge in [0.05, 0.1) is 18.2 Å². The molecule has 200 valence electrons. The van der Waals surface area contributed by atoms with Gasteiger partial charge in [-0.2, -0.15) is 4.31 Å². The van der Waals surface area contributed by atoms with Crippen molar-refractivity contribution in [2.24, 2.45) is 17.3 Å². The van der Waals surface area contributed by atoms with Crippen molar-refractivity contribution >= 4 is 27.6 Å². The van der Waals surface area contributed by atoms with Crippen molar-refractivity contribution < 1.29 is 22.8 Å². The van der Waals surface area contributed by atoms with Gasteiger partial charge < -0.3 is 10.2 Å². The quantitative estimate of drug-likeness (QED) is 0.540. The van der Waals surface area contributed by atoms with Gasteiger partial charge in [-0.25, -0.2) is 8.42 Å². The van der Waals surface area contributed by atoms with Crippen molar-refractivity contribution in [1.82, 2.24) is 14.5 Å². The Morgan fingerprint density at radius 2 is 1.78 bits per heavy atom. The summed E-state index contributed by atoms with van der Waals surface area (Å²) in [5.41, 5.74) is 0.487. The molecule has 0 spiro atoms. The van der Waals surface area contributed by atoms with Crippen LogP contribution < -0.4 is 5.32 Å². The zero-order chi connectivity index (χ0) is 26.8. The van der Waals surface area contributed by atoms with Crippen molar-refractivity contribution in [3.05, 3.63) is 35.9 Å². The van der Waals surface area contributed by atoms with E-state index in [1.165, 1.54) is 4.31 Å². The number of carbonyl (C=O) groups is 3. The molecule has 3 rings (SSSR count). The minimum absolute atomic E-state index is 0.0318. The number of benzene rings is 1. The fourth-order valence-electron chi connectivity index (χ4n) is 5.35. The minimum Gasteiger partial charge on any atom is -0.344 e. The highest BCUT2D eigenvalue weighted by Gasteiger charge is 2.56. The van der Waals surface area contributed by atoms with Gasteiger partial charge in [-0.15, -0.1) is 0 Å². The van der Waals surface area contributed by atoms with Crippen molar-refractivity contribution in [2.45, 2.75) is 78.4 Å². The minimum atomic E-state index is -3.55. The van der Waals surface area contributed by atoms with Gasteiger partial charge in [-0.3, -0.25) is 14.4 Å². The van der Waals surface area contributed by atoms with E-state index in [1.54, 1.807) is 4.90 Å².